The van der Waals surface area contributed by atoms with Crippen LogP contribution in [0.15, 0.2) is 41.5 Å². The number of hydrogen-bond acceptors (Lipinski definition) is 4. The van der Waals surface area contributed by atoms with Crippen molar-refractivity contribution in [2.75, 3.05) is 0 Å². The van der Waals surface area contributed by atoms with Crippen LogP contribution < -0.4 is 5.43 Å². The number of rotatable bonds is 3. The maximum atomic E-state index is 12.4. The van der Waals surface area contributed by atoms with Gasteiger partial charge in [0, 0.05) is 22.2 Å². The highest BCUT2D eigenvalue weighted by atomic mass is 16.3. The van der Waals surface area contributed by atoms with Gasteiger partial charge in [0.1, 0.15) is 0 Å². The van der Waals surface area contributed by atoms with Gasteiger partial charge in [-0.1, -0.05) is 0 Å². The van der Waals surface area contributed by atoms with Gasteiger partial charge in [-0.05, 0) is 73.2 Å². The number of hydrogen-bond donors (Lipinski definition) is 4. The summed E-state index contributed by atoms with van der Waals surface area (Å²) in [6, 6.07) is 9.94. The van der Waals surface area contributed by atoms with Crippen LogP contribution in [0, 0.1) is 0 Å². The van der Waals surface area contributed by atoms with Crippen LogP contribution in [0.5, 0.6) is 11.5 Å². The monoisotopic (exact) mass is 349 g/mol. The Kier molecular flexibility index (Phi) is 4.08. The van der Waals surface area contributed by atoms with Gasteiger partial charge in [-0.15, -0.1) is 0 Å². The van der Waals surface area contributed by atoms with E-state index in [2.05, 4.69) is 15.5 Å². The number of hydrazone groups is 1. The number of H-pyrrole nitrogens is 1. The minimum Gasteiger partial charge on any atom is -0.504 e. The van der Waals surface area contributed by atoms with Crippen molar-refractivity contribution < 1.29 is 15.0 Å². The van der Waals surface area contributed by atoms with Crippen LogP contribution in [0.2, 0.25) is 0 Å². The number of benzene rings is 2. The molecule has 1 heterocycles. The van der Waals surface area contributed by atoms with Gasteiger partial charge in [0.2, 0.25) is 0 Å². The molecule has 1 aliphatic carbocycles. The first-order chi connectivity index (χ1) is 12.6. The van der Waals surface area contributed by atoms with Gasteiger partial charge >= 0.3 is 0 Å². The number of phenolic OH excluding ortho intramolecular Hbond substituents is 2. The number of carbonyl (C=O) groups excluding carboxylic acids is 1. The molecule has 0 saturated carbocycles. The predicted molar refractivity (Wildman–Crippen MR) is 99.8 cm³/mol. The van der Waals surface area contributed by atoms with E-state index < -0.39 is 0 Å². The Hall–Kier alpha value is -3.28. The number of carbonyl (C=O) groups is 1. The molecule has 0 bridgehead atoms. The van der Waals surface area contributed by atoms with E-state index in [4.69, 9.17) is 0 Å². The summed E-state index contributed by atoms with van der Waals surface area (Å²) in [5.41, 5.74) is 7.29. The minimum atomic E-state index is -0.295. The lowest BCUT2D eigenvalue weighted by Crippen LogP contribution is -2.17. The quantitative estimate of drug-likeness (QED) is 0.332. The molecule has 3 aromatic rings. The van der Waals surface area contributed by atoms with E-state index in [-0.39, 0.29) is 17.4 Å². The van der Waals surface area contributed by atoms with Crippen molar-refractivity contribution >= 4 is 23.0 Å². The third-order valence-corrected chi connectivity index (χ3v) is 4.74. The molecule has 0 atom stereocenters. The van der Waals surface area contributed by atoms with Crippen molar-refractivity contribution in [2.45, 2.75) is 25.7 Å². The summed E-state index contributed by atoms with van der Waals surface area (Å²) in [7, 11) is 0. The summed E-state index contributed by atoms with van der Waals surface area (Å²) in [6.45, 7) is 0. The summed E-state index contributed by atoms with van der Waals surface area (Å²) in [6.07, 6.45) is 5.90. The summed E-state index contributed by atoms with van der Waals surface area (Å²) < 4.78 is 0. The zero-order valence-electron chi connectivity index (χ0n) is 14.1. The van der Waals surface area contributed by atoms with Crippen LogP contribution >= 0.6 is 0 Å². The molecule has 0 fully saturated rings. The fraction of sp³-hybridized carbons (Fsp3) is 0.200. The maximum Gasteiger partial charge on any atom is 0.271 e. The smallest absolute Gasteiger partial charge is 0.271 e. The Morgan fingerprint density at radius 3 is 2.77 bits per heavy atom. The highest BCUT2D eigenvalue weighted by Crippen LogP contribution is 2.29. The van der Waals surface area contributed by atoms with Crippen molar-refractivity contribution in [3.8, 4) is 11.5 Å². The van der Waals surface area contributed by atoms with Crippen LogP contribution in [0.1, 0.15) is 40.0 Å². The van der Waals surface area contributed by atoms with Crippen LogP contribution in [-0.4, -0.2) is 27.3 Å². The van der Waals surface area contributed by atoms with E-state index >= 15 is 0 Å². The lowest BCUT2D eigenvalue weighted by atomic mass is 9.95. The Bertz CT molecular complexity index is 1020. The molecule has 1 aromatic heterocycles. The molecule has 1 aliphatic rings. The first-order valence-corrected chi connectivity index (χ1v) is 8.60. The van der Waals surface area contributed by atoms with Gasteiger partial charge < -0.3 is 15.2 Å². The Balaban J connectivity index is 1.52. The van der Waals surface area contributed by atoms with E-state index in [0.29, 0.717) is 11.1 Å². The zero-order chi connectivity index (χ0) is 18.1. The minimum absolute atomic E-state index is 0.200. The van der Waals surface area contributed by atoms with E-state index in [9.17, 15) is 15.0 Å². The molecule has 1 amide bonds. The molecule has 0 radical (unpaired) electrons. The molecule has 132 valence electrons. The largest absolute Gasteiger partial charge is 0.504 e. The summed E-state index contributed by atoms with van der Waals surface area (Å²) in [5.74, 6) is -0.728. The van der Waals surface area contributed by atoms with Gasteiger partial charge in [0.05, 0.1) is 6.21 Å². The van der Waals surface area contributed by atoms with E-state index in [1.807, 2.05) is 12.1 Å². The molecular weight excluding hydrogens is 330 g/mol. The van der Waals surface area contributed by atoms with Crippen molar-refractivity contribution in [1.82, 2.24) is 10.4 Å². The highest BCUT2D eigenvalue weighted by molar-refractivity contribution is 5.99. The number of aromatic hydroxyl groups is 2. The van der Waals surface area contributed by atoms with Crippen LogP contribution in [0.4, 0.5) is 0 Å². The lowest BCUT2D eigenvalue weighted by molar-refractivity contribution is 0.0955. The van der Waals surface area contributed by atoms with Gasteiger partial charge in [0.25, 0.3) is 5.91 Å². The normalized spacial score (nSPS) is 13.8. The highest BCUT2D eigenvalue weighted by Gasteiger charge is 2.16. The fourth-order valence-corrected chi connectivity index (χ4v) is 3.40. The number of aryl methyl sites for hydroxylation is 2. The number of fused-ring (bicyclic) bond motifs is 3. The zero-order valence-corrected chi connectivity index (χ0v) is 14.1. The number of phenols is 2. The van der Waals surface area contributed by atoms with Gasteiger partial charge in [-0.2, -0.15) is 5.10 Å². The van der Waals surface area contributed by atoms with E-state index in [1.165, 1.54) is 42.4 Å². The molecule has 6 nitrogen and oxygen atoms in total. The second kappa shape index (κ2) is 6.55. The first kappa shape index (κ1) is 16.2. The molecule has 0 aliphatic heterocycles. The number of nitrogens with zero attached hydrogens (tertiary/aromatic N) is 1. The maximum absolute atomic E-state index is 12.4. The van der Waals surface area contributed by atoms with Crippen molar-refractivity contribution in [1.29, 1.82) is 0 Å². The molecule has 4 N–H and O–H groups in total. The summed E-state index contributed by atoms with van der Waals surface area (Å²) >= 11 is 0. The standard InChI is InChI=1S/C20H19N3O3/c24-18-8-5-12(9-19(18)25)11-21-23-20(26)13-6-7-17-15(10-13)14-3-1-2-4-16(14)22-17/h5-11,22,24-25H,1-4H2,(H,23,26)/b21-11-. The topological polar surface area (TPSA) is 97.7 Å². The SMILES string of the molecule is O=C(N/N=C\c1ccc(O)c(O)c1)c1ccc2[nH]c3c(c2c1)CCCC3. The molecule has 6 heteroatoms. The molecule has 0 unspecified atom stereocenters. The van der Waals surface area contributed by atoms with Crippen LogP contribution in [-0.2, 0) is 12.8 Å². The number of nitrogens with one attached hydrogen (secondary N) is 2. The molecular formula is C20H19N3O3. The average molecular weight is 349 g/mol. The van der Waals surface area contributed by atoms with Gasteiger partial charge in [-0.3, -0.25) is 4.79 Å². The number of amides is 1. The Morgan fingerprint density at radius 1 is 1.08 bits per heavy atom. The molecule has 2 aromatic carbocycles. The Morgan fingerprint density at radius 2 is 1.92 bits per heavy atom. The van der Waals surface area contributed by atoms with Crippen molar-refractivity contribution in [3.63, 3.8) is 0 Å². The van der Waals surface area contributed by atoms with Crippen LogP contribution in [0.25, 0.3) is 10.9 Å². The molecule has 0 spiro atoms. The third-order valence-electron chi connectivity index (χ3n) is 4.74. The molecule has 0 saturated heterocycles. The fourth-order valence-electron chi connectivity index (χ4n) is 3.40. The third kappa shape index (κ3) is 3.01. The van der Waals surface area contributed by atoms with Crippen molar-refractivity contribution in [3.05, 3.63) is 58.8 Å². The number of aromatic nitrogens is 1. The second-order valence-electron chi connectivity index (χ2n) is 6.50. The molecule has 26 heavy (non-hydrogen) atoms. The van der Waals surface area contributed by atoms with Crippen LogP contribution in [0.3, 0.4) is 0 Å². The lowest BCUT2D eigenvalue weighted by Gasteiger charge is -2.10. The summed E-state index contributed by atoms with van der Waals surface area (Å²) in [4.78, 5) is 15.8. The molecule has 4 rings (SSSR count). The first-order valence-electron chi connectivity index (χ1n) is 8.60. The van der Waals surface area contributed by atoms with Gasteiger partial charge in [0.15, 0.2) is 11.5 Å². The average Bonchev–Trinajstić information content (AvgIpc) is 3.02. The predicted octanol–water partition coefficient (Wildman–Crippen LogP) is 3.22. The van der Waals surface area contributed by atoms with E-state index in [0.717, 1.165) is 23.7 Å². The number of aromatic amines is 1. The summed E-state index contributed by atoms with van der Waals surface area (Å²) in [5, 5.41) is 23.8. The van der Waals surface area contributed by atoms with E-state index in [1.54, 1.807) is 12.1 Å². The van der Waals surface area contributed by atoms with Crippen molar-refractivity contribution in [2.24, 2.45) is 5.10 Å². The Labute approximate surface area is 150 Å². The van der Waals surface area contributed by atoms with Gasteiger partial charge in [-0.25, -0.2) is 5.43 Å². The second-order valence-corrected chi connectivity index (χ2v) is 6.50.